The molecule has 110 valence electrons. The van der Waals surface area contributed by atoms with Crippen LogP contribution in [0.25, 0.3) is 0 Å². The van der Waals surface area contributed by atoms with Crippen molar-refractivity contribution in [1.29, 1.82) is 5.26 Å². The molecule has 2 aliphatic rings. The molecule has 3 rings (SSSR count). The van der Waals surface area contributed by atoms with E-state index in [-0.39, 0.29) is 12.2 Å². The third kappa shape index (κ3) is 3.07. The first-order valence-electron chi connectivity index (χ1n) is 7.30. The number of nitriles is 1. The highest BCUT2D eigenvalue weighted by atomic mass is 16.7. The van der Waals surface area contributed by atoms with Crippen LogP contribution >= 0.6 is 0 Å². The van der Waals surface area contributed by atoms with E-state index in [0.29, 0.717) is 30.3 Å². The maximum absolute atomic E-state index is 12.4. The van der Waals surface area contributed by atoms with Gasteiger partial charge in [-0.25, -0.2) is 0 Å². The molecular weight excluding hydrogens is 268 g/mol. The van der Waals surface area contributed by atoms with Gasteiger partial charge in [0.2, 0.25) is 0 Å². The van der Waals surface area contributed by atoms with Gasteiger partial charge < -0.3 is 14.4 Å². The molecule has 0 spiro atoms. The SMILES string of the molecule is N#Cc1ccc(C(=O)N2CCC(C3OCCO3)CC2)cc1. The molecule has 2 fully saturated rings. The standard InChI is InChI=1S/C16H18N2O3/c17-11-12-1-3-13(4-2-12)15(19)18-7-5-14(6-8-18)16-20-9-10-21-16/h1-4,14,16H,5-10H2. The number of hydrogen-bond donors (Lipinski definition) is 0. The van der Waals surface area contributed by atoms with Crippen LogP contribution < -0.4 is 0 Å². The summed E-state index contributed by atoms with van der Waals surface area (Å²) in [5.74, 6) is 0.420. The summed E-state index contributed by atoms with van der Waals surface area (Å²) < 4.78 is 11.1. The van der Waals surface area contributed by atoms with Crippen molar-refractivity contribution in [2.45, 2.75) is 19.1 Å². The number of rotatable bonds is 2. The molecule has 0 aliphatic carbocycles. The van der Waals surface area contributed by atoms with Crippen molar-refractivity contribution in [3.05, 3.63) is 35.4 Å². The van der Waals surface area contributed by atoms with Crippen molar-refractivity contribution in [2.75, 3.05) is 26.3 Å². The predicted octanol–water partition coefficient (Wildman–Crippen LogP) is 1.78. The Hall–Kier alpha value is -1.90. The van der Waals surface area contributed by atoms with Crippen LogP contribution in [0.4, 0.5) is 0 Å². The summed E-state index contributed by atoms with van der Waals surface area (Å²) >= 11 is 0. The van der Waals surface area contributed by atoms with Gasteiger partial charge in [-0.1, -0.05) is 0 Å². The summed E-state index contributed by atoms with van der Waals surface area (Å²) in [7, 11) is 0. The zero-order valence-electron chi connectivity index (χ0n) is 11.8. The molecule has 0 unspecified atom stereocenters. The van der Waals surface area contributed by atoms with Gasteiger partial charge in [-0.05, 0) is 37.1 Å². The summed E-state index contributed by atoms with van der Waals surface area (Å²) in [5, 5.41) is 8.78. The molecule has 5 nitrogen and oxygen atoms in total. The maximum Gasteiger partial charge on any atom is 0.253 e. The molecule has 2 heterocycles. The second-order valence-electron chi connectivity index (χ2n) is 5.43. The van der Waals surface area contributed by atoms with Crippen molar-refractivity contribution >= 4 is 5.91 Å². The molecule has 0 bridgehead atoms. The summed E-state index contributed by atoms with van der Waals surface area (Å²) in [6.07, 6.45) is 1.73. The molecule has 0 saturated carbocycles. The summed E-state index contributed by atoms with van der Waals surface area (Å²) in [5.41, 5.74) is 1.21. The molecule has 0 atom stereocenters. The smallest absolute Gasteiger partial charge is 0.253 e. The van der Waals surface area contributed by atoms with Crippen molar-refractivity contribution in [2.24, 2.45) is 5.92 Å². The Bertz CT molecular complexity index is 536. The Kier molecular flexibility index (Phi) is 4.18. The van der Waals surface area contributed by atoms with E-state index in [1.807, 2.05) is 4.90 Å². The van der Waals surface area contributed by atoms with E-state index in [2.05, 4.69) is 6.07 Å². The molecule has 2 aliphatic heterocycles. The Balaban J connectivity index is 1.58. The third-order valence-corrected chi connectivity index (χ3v) is 4.12. The highest BCUT2D eigenvalue weighted by Crippen LogP contribution is 2.26. The number of hydrogen-bond acceptors (Lipinski definition) is 4. The highest BCUT2D eigenvalue weighted by Gasteiger charge is 2.31. The van der Waals surface area contributed by atoms with Gasteiger partial charge in [0.1, 0.15) is 0 Å². The molecule has 1 amide bonds. The monoisotopic (exact) mass is 286 g/mol. The van der Waals surface area contributed by atoms with Crippen LogP contribution in [0.1, 0.15) is 28.8 Å². The number of piperidine rings is 1. The van der Waals surface area contributed by atoms with Crippen LogP contribution in [0, 0.1) is 17.2 Å². The fraction of sp³-hybridized carbons (Fsp3) is 0.500. The van der Waals surface area contributed by atoms with Crippen LogP contribution in [0.3, 0.4) is 0 Å². The molecule has 5 heteroatoms. The van der Waals surface area contributed by atoms with Crippen LogP contribution in [-0.4, -0.2) is 43.4 Å². The molecule has 21 heavy (non-hydrogen) atoms. The molecule has 0 radical (unpaired) electrons. The second-order valence-corrected chi connectivity index (χ2v) is 5.43. The van der Waals surface area contributed by atoms with Gasteiger partial charge in [-0.15, -0.1) is 0 Å². The predicted molar refractivity (Wildman–Crippen MR) is 75.5 cm³/mol. The van der Waals surface area contributed by atoms with E-state index in [1.165, 1.54) is 0 Å². The fourth-order valence-corrected chi connectivity index (χ4v) is 2.89. The van der Waals surface area contributed by atoms with Gasteiger partial charge in [-0.3, -0.25) is 4.79 Å². The van der Waals surface area contributed by atoms with E-state index in [4.69, 9.17) is 14.7 Å². The zero-order chi connectivity index (χ0) is 14.7. The number of carbonyl (C=O) groups excluding carboxylic acids is 1. The molecule has 1 aromatic carbocycles. The van der Waals surface area contributed by atoms with Gasteiger partial charge in [-0.2, -0.15) is 5.26 Å². The lowest BCUT2D eigenvalue weighted by molar-refractivity contribution is -0.0956. The Morgan fingerprint density at radius 3 is 2.33 bits per heavy atom. The summed E-state index contributed by atoms with van der Waals surface area (Å²) in [4.78, 5) is 14.3. The Morgan fingerprint density at radius 1 is 1.14 bits per heavy atom. The third-order valence-electron chi connectivity index (χ3n) is 4.12. The highest BCUT2D eigenvalue weighted by molar-refractivity contribution is 5.94. The molecule has 0 N–H and O–H groups in total. The van der Waals surface area contributed by atoms with E-state index in [1.54, 1.807) is 24.3 Å². The minimum atomic E-state index is -0.0860. The largest absolute Gasteiger partial charge is 0.350 e. The summed E-state index contributed by atoms with van der Waals surface area (Å²) in [6.45, 7) is 2.81. The first kappa shape index (κ1) is 14.1. The number of carbonyl (C=O) groups is 1. The lowest BCUT2D eigenvalue weighted by Crippen LogP contribution is -2.41. The fourth-order valence-electron chi connectivity index (χ4n) is 2.89. The number of likely N-dealkylation sites (tertiary alicyclic amines) is 1. The Morgan fingerprint density at radius 2 is 1.76 bits per heavy atom. The van der Waals surface area contributed by atoms with E-state index >= 15 is 0 Å². The molecule has 1 aromatic rings. The normalized spacial score (nSPS) is 20.4. The average molecular weight is 286 g/mol. The van der Waals surface area contributed by atoms with Crippen LogP contribution in [0.5, 0.6) is 0 Å². The van der Waals surface area contributed by atoms with Crippen molar-refractivity contribution in [3.8, 4) is 6.07 Å². The quantitative estimate of drug-likeness (QED) is 0.831. The van der Waals surface area contributed by atoms with Crippen LogP contribution in [0.2, 0.25) is 0 Å². The lowest BCUT2D eigenvalue weighted by atomic mass is 9.95. The summed E-state index contributed by atoms with van der Waals surface area (Å²) in [6, 6.07) is 8.86. The van der Waals surface area contributed by atoms with Crippen molar-refractivity contribution < 1.29 is 14.3 Å². The number of ether oxygens (including phenoxy) is 2. The van der Waals surface area contributed by atoms with E-state index in [9.17, 15) is 4.79 Å². The van der Waals surface area contributed by atoms with E-state index < -0.39 is 0 Å². The second kappa shape index (κ2) is 6.25. The first-order valence-corrected chi connectivity index (χ1v) is 7.30. The molecular formula is C16H18N2O3. The average Bonchev–Trinajstić information content (AvgIpc) is 3.09. The van der Waals surface area contributed by atoms with Gasteiger partial charge >= 0.3 is 0 Å². The van der Waals surface area contributed by atoms with Gasteiger partial charge in [0.25, 0.3) is 5.91 Å². The first-order chi connectivity index (χ1) is 10.3. The number of amides is 1. The minimum Gasteiger partial charge on any atom is -0.350 e. The topological polar surface area (TPSA) is 62.6 Å². The lowest BCUT2D eigenvalue weighted by Gasteiger charge is -2.33. The van der Waals surface area contributed by atoms with Gasteiger partial charge in [0, 0.05) is 24.6 Å². The van der Waals surface area contributed by atoms with Crippen LogP contribution in [-0.2, 0) is 9.47 Å². The number of benzene rings is 1. The van der Waals surface area contributed by atoms with E-state index in [0.717, 1.165) is 25.9 Å². The van der Waals surface area contributed by atoms with Crippen molar-refractivity contribution in [1.82, 2.24) is 4.90 Å². The number of nitrogens with zero attached hydrogens (tertiary/aromatic N) is 2. The maximum atomic E-state index is 12.4. The Labute approximate surface area is 124 Å². The zero-order valence-corrected chi connectivity index (χ0v) is 11.8. The van der Waals surface area contributed by atoms with Crippen molar-refractivity contribution in [3.63, 3.8) is 0 Å². The molecule has 0 aromatic heterocycles. The van der Waals surface area contributed by atoms with Gasteiger partial charge in [0.05, 0.1) is 24.8 Å². The molecule has 2 saturated heterocycles. The van der Waals surface area contributed by atoms with Gasteiger partial charge in [0.15, 0.2) is 6.29 Å². The van der Waals surface area contributed by atoms with Crippen LogP contribution in [0.15, 0.2) is 24.3 Å². The minimum absolute atomic E-state index is 0.0335.